The highest BCUT2D eigenvalue weighted by atomic mass is 35.5. The van der Waals surface area contributed by atoms with Crippen LogP contribution in [0.15, 0.2) is 36.5 Å². The van der Waals surface area contributed by atoms with Crippen molar-refractivity contribution < 1.29 is 0 Å². The number of allylic oxidation sites excluding steroid dienone is 1. The summed E-state index contributed by atoms with van der Waals surface area (Å²) in [6, 6.07) is 8.94. The van der Waals surface area contributed by atoms with Gasteiger partial charge in [-0.15, -0.1) is 0 Å². The fourth-order valence-corrected chi connectivity index (χ4v) is 5.26. The molecule has 4 heteroatoms. The van der Waals surface area contributed by atoms with E-state index in [0.29, 0.717) is 12.0 Å². The number of rotatable bonds is 7. The van der Waals surface area contributed by atoms with Gasteiger partial charge in [0, 0.05) is 61.1 Å². The minimum atomic E-state index is 0.680. The van der Waals surface area contributed by atoms with Gasteiger partial charge in [0.15, 0.2) is 0 Å². The predicted molar refractivity (Wildman–Crippen MR) is 120 cm³/mol. The van der Waals surface area contributed by atoms with Crippen LogP contribution in [0.5, 0.6) is 0 Å². The first-order valence-electron chi connectivity index (χ1n) is 11.3. The second-order valence-corrected chi connectivity index (χ2v) is 9.60. The van der Waals surface area contributed by atoms with Crippen LogP contribution in [0, 0.1) is 17.8 Å². The molecule has 1 aromatic rings. The molecular formula is C24H36ClN3. The summed E-state index contributed by atoms with van der Waals surface area (Å²) in [6.07, 6.45) is 8.14. The Morgan fingerprint density at radius 1 is 1.07 bits per heavy atom. The molecule has 1 aromatic carbocycles. The highest BCUT2D eigenvalue weighted by Gasteiger charge is 2.41. The Hall–Kier alpha value is -1.19. The van der Waals surface area contributed by atoms with E-state index in [1.807, 2.05) is 12.1 Å². The summed E-state index contributed by atoms with van der Waals surface area (Å²) in [6.45, 7) is 12.5. The van der Waals surface area contributed by atoms with Gasteiger partial charge in [0.05, 0.1) is 0 Å². The number of halogens is 1. The minimum absolute atomic E-state index is 0.680. The van der Waals surface area contributed by atoms with Crippen LogP contribution in [0.1, 0.15) is 45.4 Å². The van der Waals surface area contributed by atoms with Gasteiger partial charge in [0.1, 0.15) is 0 Å². The monoisotopic (exact) mass is 401 g/mol. The molecule has 0 spiro atoms. The molecule has 3 fully saturated rings. The second kappa shape index (κ2) is 9.09. The molecule has 1 aliphatic heterocycles. The van der Waals surface area contributed by atoms with Crippen LogP contribution in [0.25, 0.3) is 0 Å². The van der Waals surface area contributed by atoms with Crippen LogP contribution in [-0.4, -0.2) is 43.7 Å². The van der Waals surface area contributed by atoms with E-state index in [9.17, 15) is 0 Å². The molecule has 3 aliphatic rings. The highest BCUT2D eigenvalue weighted by Crippen LogP contribution is 2.44. The molecule has 2 saturated carbocycles. The van der Waals surface area contributed by atoms with Crippen molar-refractivity contribution in [2.75, 3.05) is 37.6 Å². The zero-order chi connectivity index (χ0) is 19.5. The van der Waals surface area contributed by atoms with Crippen molar-refractivity contribution in [3.05, 3.63) is 41.6 Å². The van der Waals surface area contributed by atoms with E-state index in [4.69, 9.17) is 11.6 Å². The summed E-state index contributed by atoms with van der Waals surface area (Å²) in [5, 5.41) is 4.61. The zero-order valence-electron chi connectivity index (χ0n) is 17.4. The summed E-state index contributed by atoms with van der Waals surface area (Å²) in [5.41, 5.74) is 2.62. The van der Waals surface area contributed by atoms with Crippen LogP contribution >= 0.6 is 11.6 Å². The number of nitrogens with zero attached hydrogens (tertiary/aromatic N) is 2. The number of nitrogens with one attached hydrogen (secondary N) is 1. The molecule has 1 heterocycles. The van der Waals surface area contributed by atoms with Gasteiger partial charge in [-0.3, -0.25) is 4.90 Å². The number of piperazine rings is 1. The van der Waals surface area contributed by atoms with Gasteiger partial charge < -0.3 is 10.2 Å². The van der Waals surface area contributed by atoms with Gasteiger partial charge in [-0.25, -0.2) is 0 Å². The normalized spacial score (nSPS) is 30.9. The largest absolute Gasteiger partial charge is 0.386 e. The molecule has 3 nitrogen and oxygen atoms in total. The molecule has 2 atom stereocenters. The van der Waals surface area contributed by atoms with Crippen molar-refractivity contribution >= 4 is 17.3 Å². The summed E-state index contributed by atoms with van der Waals surface area (Å²) >= 11 is 6.01. The topological polar surface area (TPSA) is 18.5 Å². The summed E-state index contributed by atoms with van der Waals surface area (Å²) in [4.78, 5) is 5.13. The van der Waals surface area contributed by atoms with Crippen molar-refractivity contribution in [3.63, 3.8) is 0 Å². The van der Waals surface area contributed by atoms with Crippen LogP contribution < -0.4 is 10.2 Å². The quantitative estimate of drug-likeness (QED) is 0.679. The van der Waals surface area contributed by atoms with Crippen molar-refractivity contribution in [2.24, 2.45) is 17.8 Å². The van der Waals surface area contributed by atoms with Crippen LogP contribution in [-0.2, 0) is 0 Å². The van der Waals surface area contributed by atoms with Crippen LogP contribution in [0.2, 0.25) is 5.02 Å². The highest BCUT2D eigenvalue weighted by molar-refractivity contribution is 6.30. The maximum absolute atomic E-state index is 6.01. The van der Waals surface area contributed by atoms with Gasteiger partial charge in [-0.2, -0.15) is 0 Å². The number of benzene rings is 1. The molecule has 154 valence electrons. The van der Waals surface area contributed by atoms with Crippen LogP contribution in [0.3, 0.4) is 0 Å². The average Bonchev–Trinajstić information content (AvgIpc) is 3.49. The molecule has 28 heavy (non-hydrogen) atoms. The minimum Gasteiger partial charge on any atom is -0.386 e. The van der Waals surface area contributed by atoms with Crippen LogP contribution in [0.4, 0.5) is 5.69 Å². The van der Waals surface area contributed by atoms with Crippen molar-refractivity contribution in [1.29, 1.82) is 0 Å². The van der Waals surface area contributed by atoms with E-state index < -0.39 is 0 Å². The molecule has 1 saturated heterocycles. The Balaban J connectivity index is 1.16. The molecule has 1 N–H and O–H groups in total. The smallest absolute Gasteiger partial charge is 0.0407 e. The summed E-state index contributed by atoms with van der Waals surface area (Å²) in [7, 11) is 0. The first-order valence-corrected chi connectivity index (χ1v) is 11.7. The van der Waals surface area contributed by atoms with Crippen molar-refractivity contribution in [3.8, 4) is 0 Å². The lowest BCUT2D eigenvalue weighted by atomic mass is 9.84. The van der Waals surface area contributed by atoms with Crippen molar-refractivity contribution in [1.82, 2.24) is 10.2 Å². The lowest BCUT2D eigenvalue weighted by Crippen LogP contribution is -2.47. The molecule has 4 rings (SSSR count). The average molecular weight is 402 g/mol. The molecule has 0 aromatic heterocycles. The fourth-order valence-electron chi connectivity index (χ4n) is 5.13. The fraction of sp³-hybridized carbons (Fsp3) is 0.667. The van der Waals surface area contributed by atoms with E-state index in [0.717, 1.165) is 43.0 Å². The van der Waals surface area contributed by atoms with E-state index in [1.165, 1.54) is 56.5 Å². The molecule has 0 radical (unpaired) electrons. The SMILES string of the molecule is C=C(NC1CCC(CC)CC1)[C@H]1CC1CN1CCN(c2ccc(Cl)cc2)CC1. The van der Waals surface area contributed by atoms with Gasteiger partial charge in [0.25, 0.3) is 0 Å². The van der Waals surface area contributed by atoms with Gasteiger partial charge in [0.2, 0.25) is 0 Å². The maximum Gasteiger partial charge on any atom is 0.0407 e. The molecule has 0 amide bonds. The summed E-state index contributed by atoms with van der Waals surface area (Å²) in [5.74, 6) is 2.48. The molecule has 1 unspecified atom stereocenters. The molecule has 0 bridgehead atoms. The Morgan fingerprint density at radius 3 is 2.39 bits per heavy atom. The number of hydrogen-bond donors (Lipinski definition) is 1. The molecule has 2 aliphatic carbocycles. The lowest BCUT2D eigenvalue weighted by Gasteiger charge is -2.36. The Kier molecular flexibility index (Phi) is 6.52. The Labute approximate surface area is 176 Å². The Bertz CT molecular complexity index is 642. The third-order valence-electron chi connectivity index (χ3n) is 7.24. The first kappa shape index (κ1) is 20.1. The second-order valence-electron chi connectivity index (χ2n) is 9.16. The Morgan fingerprint density at radius 2 is 1.75 bits per heavy atom. The zero-order valence-corrected chi connectivity index (χ0v) is 18.1. The van der Waals surface area contributed by atoms with E-state index in [1.54, 1.807) is 0 Å². The van der Waals surface area contributed by atoms with Gasteiger partial charge >= 0.3 is 0 Å². The van der Waals surface area contributed by atoms with Crippen molar-refractivity contribution in [2.45, 2.75) is 51.5 Å². The lowest BCUT2D eigenvalue weighted by molar-refractivity contribution is 0.244. The maximum atomic E-state index is 6.01. The van der Waals surface area contributed by atoms with Gasteiger partial charge in [-0.1, -0.05) is 31.5 Å². The standard InChI is InChI=1S/C24H36ClN3/c1-3-19-4-8-22(9-5-19)26-18(2)24-16-20(24)17-27-12-14-28(15-13-27)23-10-6-21(25)7-11-23/h6-7,10-11,19-20,22,24,26H,2-5,8-9,12-17H2,1H3/t19?,20?,22?,24-/m1/s1. The van der Waals surface area contributed by atoms with E-state index >= 15 is 0 Å². The first-order chi connectivity index (χ1) is 13.6. The summed E-state index contributed by atoms with van der Waals surface area (Å²) < 4.78 is 0. The third kappa shape index (κ3) is 5.04. The van der Waals surface area contributed by atoms with E-state index in [2.05, 4.69) is 40.8 Å². The third-order valence-corrected chi connectivity index (χ3v) is 7.49. The molecular weight excluding hydrogens is 366 g/mol. The predicted octanol–water partition coefficient (Wildman–Crippen LogP) is 5.17. The number of anilines is 1. The van der Waals surface area contributed by atoms with E-state index in [-0.39, 0.29) is 0 Å². The van der Waals surface area contributed by atoms with Gasteiger partial charge in [-0.05, 0) is 68.2 Å². The number of hydrogen-bond acceptors (Lipinski definition) is 3.